The molecule has 3 atom stereocenters. The van der Waals surface area contributed by atoms with Gasteiger partial charge in [-0.25, -0.2) is 0 Å². The van der Waals surface area contributed by atoms with Crippen LogP contribution in [0.4, 0.5) is 0 Å². The quantitative estimate of drug-likeness (QED) is 0.477. The van der Waals surface area contributed by atoms with E-state index in [0.29, 0.717) is 24.0 Å². The van der Waals surface area contributed by atoms with E-state index in [9.17, 15) is 19.5 Å². The third kappa shape index (κ3) is 4.75. The largest absolute Gasteiger partial charge is 0.508 e. The average molecular weight is 485 g/mol. The SMILES string of the molecule is O=C(NC(Cc1cccc(O)c1)C(=O)NC12CCCC1OCC2=O)c1ccc(-c2ccccc2)cc1. The summed E-state index contributed by atoms with van der Waals surface area (Å²) in [5.41, 5.74) is 2.09. The van der Waals surface area contributed by atoms with Gasteiger partial charge in [0.1, 0.15) is 23.9 Å². The molecule has 1 saturated carbocycles. The minimum atomic E-state index is -1.03. The zero-order chi connectivity index (χ0) is 25.1. The molecule has 1 aliphatic carbocycles. The number of rotatable bonds is 7. The fourth-order valence-electron chi connectivity index (χ4n) is 5.16. The topological polar surface area (TPSA) is 105 Å². The first kappa shape index (κ1) is 23.8. The van der Waals surface area contributed by atoms with Crippen LogP contribution in [0.25, 0.3) is 11.1 Å². The van der Waals surface area contributed by atoms with Crippen LogP contribution in [-0.4, -0.2) is 47.0 Å². The second kappa shape index (κ2) is 9.95. The number of benzene rings is 3. The van der Waals surface area contributed by atoms with Gasteiger partial charge in [0.15, 0.2) is 5.78 Å². The molecule has 1 saturated heterocycles. The zero-order valence-electron chi connectivity index (χ0n) is 19.8. The van der Waals surface area contributed by atoms with Crippen molar-refractivity contribution in [2.75, 3.05) is 6.61 Å². The Morgan fingerprint density at radius 3 is 2.50 bits per heavy atom. The van der Waals surface area contributed by atoms with Gasteiger partial charge in [0.05, 0.1) is 6.10 Å². The molecule has 1 aliphatic heterocycles. The van der Waals surface area contributed by atoms with Crippen LogP contribution in [0.3, 0.4) is 0 Å². The Labute approximate surface area is 209 Å². The van der Waals surface area contributed by atoms with Crippen molar-refractivity contribution >= 4 is 17.6 Å². The van der Waals surface area contributed by atoms with Crippen molar-refractivity contribution in [1.29, 1.82) is 0 Å². The van der Waals surface area contributed by atoms with Crippen LogP contribution in [0.1, 0.15) is 35.2 Å². The number of Topliss-reactive ketones (excluding diaryl/α,β-unsaturated/α-hetero) is 1. The van der Waals surface area contributed by atoms with Gasteiger partial charge in [-0.15, -0.1) is 0 Å². The maximum absolute atomic E-state index is 13.5. The van der Waals surface area contributed by atoms with Gasteiger partial charge in [0.2, 0.25) is 5.91 Å². The number of phenolic OH excluding ortho intramolecular Hbond substituents is 1. The summed E-state index contributed by atoms with van der Waals surface area (Å²) in [6.07, 6.45) is 1.84. The molecule has 0 bridgehead atoms. The van der Waals surface area contributed by atoms with E-state index in [0.717, 1.165) is 17.5 Å². The third-order valence-electron chi connectivity index (χ3n) is 7.07. The highest BCUT2D eigenvalue weighted by atomic mass is 16.5. The van der Waals surface area contributed by atoms with Crippen LogP contribution in [0.15, 0.2) is 78.9 Å². The van der Waals surface area contributed by atoms with E-state index < -0.39 is 23.4 Å². The Kier molecular flexibility index (Phi) is 6.57. The van der Waals surface area contributed by atoms with E-state index in [4.69, 9.17) is 4.74 Å². The van der Waals surface area contributed by atoms with Crippen molar-refractivity contribution in [3.63, 3.8) is 0 Å². The lowest BCUT2D eigenvalue weighted by molar-refractivity contribution is -0.131. The summed E-state index contributed by atoms with van der Waals surface area (Å²) in [5.74, 6) is -0.900. The van der Waals surface area contributed by atoms with Gasteiger partial charge >= 0.3 is 0 Å². The summed E-state index contributed by atoms with van der Waals surface area (Å²) in [6, 6.07) is 22.6. The van der Waals surface area contributed by atoms with Crippen molar-refractivity contribution < 1.29 is 24.2 Å². The monoisotopic (exact) mass is 484 g/mol. The molecule has 36 heavy (non-hydrogen) atoms. The molecule has 184 valence electrons. The van der Waals surface area contributed by atoms with Gasteiger partial charge < -0.3 is 20.5 Å². The van der Waals surface area contributed by atoms with Crippen LogP contribution in [0, 0.1) is 0 Å². The fraction of sp³-hybridized carbons (Fsp3) is 0.276. The first-order chi connectivity index (χ1) is 17.4. The number of hydrogen-bond donors (Lipinski definition) is 3. The lowest BCUT2D eigenvalue weighted by Crippen LogP contribution is -2.60. The number of amides is 2. The second-order valence-corrected chi connectivity index (χ2v) is 9.42. The molecule has 3 aromatic rings. The summed E-state index contributed by atoms with van der Waals surface area (Å²) in [7, 11) is 0. The molecule has 2 aliphatic rings. The lowest BCUT2D eigenvalue weighted by Gasteiger charge is -2.30. The second-order valence-electron chi connectivity index (χ2n) is 9.42. The van der Waals surface area contributed by atoms with E-state index in [1.165, 1.54) is 0 Å². The van der Waals surface area contributed by atoms with Crippen molar-refractivity contribution in [1.82, 2.24) is 10.6 Å². The number of nitrogens with one attached hydrogen (secondary N) is 2. The van der Waals surface area contributed by atoms with Gasteiger partial charge in [-0.3, -0.25) is 14.4 Å². The number of aromatic hydroxyl groups is 1. The highest BCUT2D eigenvalue weighted by molar-refractivity contribution is 6.00. The van der Waals surface area contributed by atoms with E-state index in [1.54, 1.807) is 36.4 Å². The van der Waals surface area contributed by atoms with Gasteiger partial charge in [-0.2, -0.15) is 0 Å². The molecular weight excluding hydrogens is 456 g/mol. The lowest BCUT2D eigenvalue weighted by atomic mass is 9.91. The molecule has 3 unspecified atom stereocenters. The molecule has 1 heterocycles. The predicted octanol–water partition coefficient (Wildman–Crippen LogP) is 3.41. The minimum Gasteiger partial charge on any atom is -0.508 e. The number of fused-ring (bicyclic) bond motifs is 1. The van der Waals surface area contributed by atoms with E-state index in [-0.39, 0.29) is 30.7 Å². The summed E-state index contributed by atoms with van der Waals surface area (Å²) in [6.45, 7) is -0.0116. The number of ether oxygens (including phenoxy) is 1. The maximum atomic E-state index is 13.5. The van der Waals surface area contributed by atoms with Crippen LogP contribution in [0.2, 0.25) is 0 Å². The van der Waals surface area contributed by atoms with Crippen molar-refractivity contribution in [3.05, 3.63) is 90.0 Å². The Balaban J connectivity index is 1.36. The highest BCUT2D eigenvalue weighted by Crippen LogP contribution is 2.38. The molecule has 0 radical (unpaired) electrons. The number of carbonyl (C=O) groups is 3. The van der Waals surface area contributed by atoms with Crippen LogP contribution < -0.4 is 10.6 Å². The Hall–Kier alpha value is -3.97. The summed E-state index contributed by atoms with van der Waals surface area (Å²) >= 11 is 0. The zero-order valence-corrected chi connectivity index (χ0v) is 19.8. The molecule has 0 aromatic heterocycles. The first-order valence-corrected chi connectivity index (χ1v) is 12.2. The first-order valence-electron chi connectivity index (χ1n) is 12.2. The average Bonchev–Trinajstić information content (AvgIpc) is 3.43. The number of hydrogen-bond acceptors (Lipinski definition) is 5. The molecule has 2 amide bonds. The van der Waals surface area contributed by atoms with Gasteiger partial charge in [0, 0.05) is 12.0 Å². The van der Waals surface area contributed by atoms with Crippen LogP contribution in [-0.2, 0) is 20.7 Å². The summed E-state index contributed by atoms with van der Waals surface area (Å²) < 4.78 is 5.62. The van der Waals surface area contributed by atoms with Crippen molar-refractivity contribution in [2.24, 2.45) is 0 Å². The summed E-state index contributed by atoms with van der Waals surface area (Å²) in [4.78, 5) is 39.3. The number of carbonyl (C=O) groups excluding carboxylic acids is 3. The van der Waals surface area contributed by atoms with Gasteiger partial charge in [-0.05, 0) is 60.2 Å². The molecule has 3 aromatic carbocycles. The molecule has 2 fully saturated rings. The van der Waals surface area contributed by atoms with E-state index >= 15 is 0 Å². The van der Waals surface area contributed by atoms with Crippen LogP contribution in [0.5, 0.6) is 5.75 Å². The number of ketones is 1. The fourth-order valence-corrected chi connectivity index (χ4v) is 5.16. The molecule has 3 N–H and O–H groups in total. The highest BCUT2D eigenvalue weighted by Gasteiger charge is 2.55. The van der Waals surface area contributed by atoms with Crippen LogP contribution >= 0.6 is 0 Å². The third-order valence-corrected chi connectivity index (χ3v) is 7.07. The predicted molar refractivity (Wildman–Crippen MR) is 134 cm³/mol. The molecule has 7 nitrogen and oxygen atoms in total. The molecule has 7 heteroatoms. The Morgan fingerprint density at radius 2 is 1.75 bits per heavy atom. The molecule has 5 rings (SSSR count). The Bertz CT molecular complexity index is 1270. The van der Waals surface area contributed by atoms with E-state index in [2.05, 4.69) is 10.6 Å². The minimum absolute atomic E-state index is 0.0116. The van der Waals surface area contributed by atoms with Crippen molar-refractivity contribution in [2.45, 2.75) is 43.4 Å². The summed E-state index contributed by atoms with van der Waals surface area (Å²) in [5, 5.41) is 15.7. The molecule has 0 spiro atoms. The number of phenols is 1. The van der Waals surface area contributed by atoms with Gasteiger partial charge in [-0.1, -0.05) is 54.6 Å². The van der Waals surface area contributed by atoms with Gasteiger partial charge in [0.25, 0.3) is 5.91 Å². The van der Waals surface area contributed by atoms with E-state index in [1.807, 2.05) is 42.5 Å². The smallest absolute Gasteiger partial charge is 0.251 e. The molecular formula is C29H28N2O5. The normalized spacial score (nSPS) is 21.6. The Morgan fingerprint density at radius 1 is 1.00 bits per heavy atom. The van der Waals surface area contributed by atoms with Crippen molar-refractivity contribution in [3.8, 4) is 16.9 Å². The standard InChI is InChI=1S/C29H28N2O5/c32-23-9-4-6-19(16-23)17-24(28(35)31-29-15-5-10-26(29)36-18-25(29)33)30-27(34)22-13-11-21(12-14-22)20-7-2-1-3-8-20/h1-4,6-9,11-14,16,24,26,32H,5,10,15,17-18H2,(H,30,34)(H,31,35). The maximum Gasteiger partial charge on any atom is 0.251 e.